The standard InChI is InChI=1S/C7H2Cl2F3NO2S/c8-4-1-3(13(14)15)2-5(6(4)9)16-7(10,11)12/h1-2H. The fourth-order valence-electron chi connectivity index (χ4n) is 0.855. The number of rotatable bonds is 2. The third-order valence-electron chi connectivity index (χ3n) is 1.42. The first kappa shape index (κ1) is 13.4. The molecule has 0 saturated heterocycles. The van der Waals surface area contributed by atoms with E-state index in [2.05, 4.69) is 0 Å². The second kappa shape index (κ2) is 4.68. The first-order chi connectivity index (χ1) is 7.20. The summed E-state index contributed by atoms with van der Waals surface area (Å²) in [7, 11) is 0. The molecule has 0 spiro atoms. The zero-order valence-corrected chi connectivity index (χ0v) is 9.54. The van der Waals surface area contributed by atoms with Gasteiger partial charge in [0.2, 0.25) is 0 Å². The lowest BCUT2D eigenvalue weighted by atomic mass is 10.3. The highest BCUT2D eigenvalue weighted by Crippen LogP contribution is 2.44. The Hall–Kier alpha value is -0.660. The van der Waals surface area contributed by atoms with E-state index in [4.69, 9.17) is 23.2 Å². The molecule has 0 aromatic heterocycles. The third-order valence-corrected chi connectivity index (χ3v) is 3.10. The van der Waals surface area contributed by atoms with Crippen LogP contribution < -0.4 is 0 Å². The zero-order chi connectivity index (χ0) is 12.5. The maximum atomic E-state index is 12.1. The Bertz CT molecular complexity index is 438. The Morgan fingerprint density at radius 3 is 2.31 bits per heavy atom. The molecule has 0 atom stereocenters. The fourth-order valence-corrected chi connectivity index (χ4v) is 1.98. The number of hydrogen-bond acceptors (Lipinski definition) is 3. The lowest BCUT2D eigenvalue weighted by Crippen LogP contribution is -2.00. The Kier molecular flexibility index (Phi) is 3.92. The van der Waals surface area contributed by atoms with Gasteiger partial charge in [-0.2, -0.15) is 13.2 Å². The topological polar surface area (TPSA) is 43.1 Å². The number of alkyl halides is 3. The largest absolute Gasteiger partial charge is 0.446 e. The maximum absolute atomic E-state index is 12.1. The molecule has 0 radical (unpaired) electrons. The number of halogens is 5. The second-order valence-electron chi connectivity index (χ2n) is 2.54. The molecule has 1 rings (SSSR count). The van der Waals surface area contributed by atoms with E-state index in [1.807, 2.05) is 0 Å². The predicted octanol–water partition coefficient (Wildman–Crippen LogP) is 4.51. The minimum atomic E-state index is -4.58. The van der Waals surface area contributed by atoms with Crippen molar-refractivity contribution in [2.45, 2.75) is 10.4 Å². The van der Waals surface area contributed by atoms with Gasteiger partial charge in [-0.05, 0) is 11.8 Å². The SMILES string of the molecule is O=[N+]([O-])c1cc(Cl)c(Cl)c(SC(F)(F)F)c1. The van der Waals surface area contributed by atoms with Crippen molar-refractivity contribution in [3.05, 3.63) is 32.3 Å². The first-order valence-electron chi connectivity index (χ1n) is 3.60. The van der Waals surface area contributed by atoms with Crippen molar-refractivity contribution in [1.82, 2.24) is 0 Å². The van der Waals surface area contributed by atoms with Crippen LogP contribution in [0.25, 0.3) is 0 Å². The van der Waals surface area contributed by atoms with Crippen molar-refractivity contribution in [2.75, 3.05) is 0 Å². The van der Waals surface area contributed by atoms with Crippen molar-refractivity contribution in [3.63, 3.8) is 0 Å². The molecular formula is C7H2Cl2F3NO2S. The van der Waals surface area contributed by atoms with Crippen molar-refractivity contribution in [3.8, 4) is 0 Å². The lowest BCUT2D eigenvalue weighted by molar-refractivity contribution is -0.385. The molecule has 88 valence electrons. The minimum absolute atomic E-state index is 0.289. The number of thioether (sulfide) groups is 1. The van der Waals surface area contributed by atoms with Crippen LogP contribution in [-0.4, -0.2) is 10.4 Å². The van der Waals surface area contributed by atoms with Gasteiger partial charge in [-0.3, -0.25) is 10.1 Å². The monoisotopic (exact) mass is 291 g/mol. The summed E-state index contributed by atoms with van der Waals surface area (Å²) in [5.74, 6) is 0. The van der Waals surface area contributed by atoms with Gasteiger partial charge >= 0.3 is 5.51 Å². The average molecular weight is 292 g/mol. The second-order valence-corrected chi connectivity index (χ2v) is 4.44. The summed E-state index contributed by atoms with van der Waals surface area (Å²) < 4.78 is 36.2. The number of hydrogen-bond donors (Lipinski definition) is 0. The molecule has 0 saturated carbocycles. The van der Waals surface area contributed by atoms with E-state index in [-0.39, 0.29) is 10.0 Å². The smallest absolute Gasteiger partial charge is 0.258 e. The van der Waals surface area contributed by atoms with E-state index in [1.165, 1.54) is 0 Å². The summed E-state index contributed by atoms with van der Waals surface area (Å²) in [6, 6.07) is 1.62. The highest BCUT2D eigenvalue weighted by atomic mass is 35.5. The molecular weight excluding hydrogens is 290 g/mol. The quantitative estimate of drug-likeness (QED) is 0.457. The molecule has 1 aromatic rings. The molecule has 0 bridgehead atoms. The van der Waals surface area contributed by atoms with E-state index in [0.29, 0.717) is 0 Å². The minimum Gasteiger partial charge on any atom is -0.258 e. The van der Waals surface area contributed by atoms with Gasteiger partial charge in [0.1, 0.15) is 0 Å². The molecule has 0 N–H and O–H groups in total. The van der Waals surface area contributed by atoms with Gasteiger partial charge < -0.3 is 0 Å². The average Bonchev–Trinajstić information content (AvgIpc) is 2.10. The Morgan fingerprint density at radius 1 is 1.31 bits per heavy atom. The van der Waals surface area contributed by atoms with Crippen molar-refractivity contribution < 1.29 is 18.1 Å². The molecule has 1 aromatic carbocycles. The molecule has 0 amide bonds. The van der Waals surface area contributed by atoms with Crippen molar-refractivity contribution >= 4 is 40.7 Å². The van der Waals surface area contributed by atoms with Gasteiger partial charge in [0.05, 0.1) is 15.0 Å². The Labute approximate surface area is 102 Å². The Balaban J connectivity index is 3.22. The Morgan fingerprint density at radius 2 is 1.88 bits per heavy atom. The molecule has 3 nitrogen and oxygen atoms in total. The summed E-state index contributed by atoms with van der Waals surface area (Å²) in [5.41, 5.74) is -5.12. The van der Waals surface area contributed by atoms with E-state index in [0.717, 1.165) is 12.1 Å². The normalized spacial score (nSPS) is 11.6. The van der Waals surface area contributed by atoms with Gasteiger partial charge in [0.15, 0.2) is 0 Å². The van der Waals surface area contributed by atoms with Gasteiger partial charge in [0, 0.05) is 17.0 Å². The number of non-ortho nitro benzene ring substituents is 1. The molecule has 0 fully saturated rings. The number of benzene rings is 1. The van der Waals surface area contributed by atoms with Crippen LogP contribution in [0.15, 0.2) is 17.0 Å². The molecule has 9 heteroatoms. The molecule has 0 aliphatic heterocycles. The lowest BCUT2D eigenvalue weighted by Gasteiger charge is -2.08. The van der Waals surface area contributed by atoms with Crippen LogP contribution in [0.2, 0.25) is 10.0 Å². The van der Waals surface area contributed by atoms with Crippen LogP contribution in [0.3, 0.4) is 0 Å². The molecule has 0 aliphatic rings. The van der Waals surface area contributed by atoms with Crippen molar-refractivity contribution in [2.24, 2.45) is 0 Å². The van der Waals surface area contributed by atoms with Crippen molar-refractivity contribution in [1.29, 1.82) is 0 Å². The van der Waals surface area contributed by atoms with E-state index in [1.54, 1.807) is 0 Å². The molecule has 0 heterocycles. The molecule has 0 aliphatic carbocycles. The summed E-state index contributed by atoms with van der Waals surface area (Å²) in [6.07, 6.45) is 0. The molecule has 16 heavy (non-hydrogen) atoms. The summed E-state index contributed by atoms with van der Waals surface area (Å²) in [6.45, 7) is 0. The summed E-state index contributed by atoms with van der Waals surface area (Å²) in [4.78, 5) is 9.06. The number of nitro benzene ring substituents is 1. The summed E-state index contributed by atoms with van der Waals surface area (Å²) in [5, 5.41) is 9.75. The highest BCUT2D eigenvalue weighted by molar-refractivity contribution is 8.00. The zero-order valence-electron chi connectivity index (χ0n) is 7.22. The number of nitrogens with zero attached hydrogens (tertiary/aromatic N) is 1. The van der Waals surface area contributed by atoms with Gasteiger partial charge in [-0.25, -0.2) is 0 Å². The van der Waals surface area contributed by atoms with E-state index < -0.39 is 32.8 Å². The van der Waals surface area contributed by atoms with Gasteiger partial charge in [0.25, 0.3) is 5.69 Å². The van der Waals surface area contributed by atoms with Crippen LogP contribution in [0.4, 0.5) is 18.9 Å². The maximum Gasteiger partial charge on any atom is 0.446 e. The number of nitro groups is 1. The van der Waals surface area contributed by atoms with E-state index >= 15 is 0 Å². The summed E-state index contributed by atoms with van der Waals surface area (Å²) >= 11 is 10.4. The van der Waals surface area contributed by atoms with Crippen LogP contribution in [0.5, 0.6) is 0 Å². The van der Waals surface area contributed by atoms with Gasteiger partial charge in [-0.15, -0.1) is 0 Å². The van der Waals surface area contributed by atoms with Crippen LogP contribution >= 0.6 is 35.0 Å². The fraction of sp³-hybridized carbons (Fsp3) is 0.143. The van der Waals surface area contributed by atoms with E-state index in [9.17, 15) is 23.3 Å². The molecule has 0 unspecified atom stereocenters. The predicted molar refractivity (Wildman–Crippen MR) is 55.0 cm³/mol. The van der Waals surface area contributed by atoms with Crippen LogP contribution in [0.1, 0.15) is 0 Å². The third kappa shape index (κ3) is 3.43. The van der Waals surface area contributed by atoms with Gasteiger partial charge in [-0.1, -0.05) is 23.2 Å². The highest BCUT2D eigenvalue weighted by Gasteiger charge is 2.31. The van der Waals surface area contributed by atoms with Crippen LogP contribution in [0, 0.1) is 10.1 Å². The van der Waals surface area contributed by atoms with Crippen LogP contribution in [-0.2, 0) is 0 Å². The first-order valence-corrected chi connectivity index (χ1v) is 5.17.